The van der Waals surface area contributed by atoms with Gasteiger partial charge in [0.15, 0.2) is 4.67 Å². The third-order valence-corrected chi connectivity index (χ3v) is 4.02. The Morgan fingerprint density at radius 2 is 2.13 bits per heavy atom. The molecule has 0 aliphatic heterocycles. The average Bonchev–Trinajstić information content (AvgIpc) is 2.71. The third kappa shape index (κ3) is 2.02. The number of thiophene rings is 1. The van der Waals surface area contributed by atoms with Crippen LogP contribution in [0.4, 0.5) is 0 Å². The van der Waals surface area contributed by atoms with Crippen LogP contribution in [-0.2, 0) is 0 Å². The van der Waals surface area contributed by atoms with Crippen LogP contribution in [0, 0.1) is 13.8 Å². The van der Waals surface area contributed by atoms with E-state index in [1.807, 2.05) is 6.07 Å². The van der Waals surface area contributed by atoms with E-state index in [9.17, 15) is 0 Å². The van der Waals surface area contributed by atoms with E-state index in [1.54, 1.807) is 17.6 Å². The topological polar surface area (TPSA) is 39.2 Å². The molecule has 0 radical (unpaired) electrons. The van der Waals surface area contributed by atoms with Crippen LogP contribution in [0.5, 0.6) is 0 Å². The Morgan fingerprint density at radius 1 is 1.40 bits per heavy atom. The molecule has 0 amide bonds. The second-order valence-corrected chi connectivity index (χ2v) is 5.68. The maximum atomic E-state index is 6.19. The summed E-state index contributed by atoms with van der Waals surface area (Å²) in [5, 5.41) is 0. The molecule has 0 saturated heterocycles. The van der Waals surface area contributed by atoms with Gasteiger partial charge < -0.3 is 10.2 Å². The minimum atomic E-state index is -0.108. The van der Waals surface area contributed by atoms with Crippen molar-refractivity contribution in [3.63, 3.8) is 0 Å². The van der Waals surface area contributed by atoms with Gasteiger partial charge in [0, 0.05) is 15.3 Å². The van der Waals surface area contributed by atoms with E-state index in [1.165, 1.54) is 15.3 Å². The van der Waals surface area contributed by atoms with Gasteiger partial charge in [0.1, 0.15) is 0 Å². The van der Waals surface area contributed by atoms with Gasteiger partial charge in [-0.25, -0.2) is 0 Å². The van der Waals surface area contributed by atoms with Crippen molar-refractivity contribution in [2.24, 2.45) is 5.73 Å². The van der Waals surface area contributed by atoms with Gasteiger partial charge in [-0.15, -0.1) is 11.3 Å². The van der Waals surface area contributed by atoms with Crippen LogP contribution >= 0.6 is 27.3 Å². The molecule has 0 fully saturated rings. The molecule has 2 heterocycles. The molecule has 0 aliphatic rings. The van der Waals surface area contributed by atoms with Crippen LogP contribution in [-0.4, -0.2) is 0 Å². The number of furan rings is 1. The first-order chi connectivity index (χ1) is 7.09. The second kappa shape index (κ2) is 4.12. The fourth-order valence-corrected chi connectivity index (χ4v) is 3.11. The summed E-state index contributed by atoms with van der Waals surface area (Å²) in [6.07, 6.45) is 1.65. The molecule has 2 rings (SSSR count). The van der Waals surface area contributed by atoms with Gasteiger partial charge in [-0.2, -0.15) is 0 Å². The summed E-state index contributed by atoms with van der Waals surface area (Å²) in [5.41, 5.74) is 8.37. The average molecular weight is 286 g/mol. The Hall–Kier alpha value is -0.580. The highest BCUT2D eigenvalue weighted by atomic mass is 79.9. The van der Waals surface area contributed by atoms with Crippen molar-refractivity contribution in [2.75, 3.05) is 0 Å². The van der Waals surface area contributed by atoms with Crippen LogP contribution in [0.1, 0.15) is 26.9 Å². The summed E-state index contributed by atoms with van der Waals surface area (Å²) < 4.78 is 5.91. The van der Waals surface area contributed by atoms with Crippen molar-refractivity contribution in [2.45, 2.75) is 19.9 Å². The van der Waals surface area contributed by atoms with Gasteiger partial charge in [-0.05, 0) is 47.5 Å². The number of nitrogens with two attached hydrogens (primary N) is 1. The van der Waals surface area contributed by atoms with E-state index in [0.717, 1.165) is 10.2 Å². The first-order valence-electron chi connectivity index (χ1n) is 4.65. The summed E-state index contributed by atoms with van der Waals surface area (Å²) in [5.74, 6) is 0. The highest BCUT2D eigenvalue weighted by Crippen LogP contribution is 2.32. The van der Waals surface area contributed by atoms with Gasteiger partial charge in [-0.1, -0.05) is 0 Å². The largest absolute Gasteiger partial charge is 0.457 e. The Labute approximate surface area is 101 Å². The van der Waals surface area contributed by atoms with E-state index >= 15 is 0 Å². The smallest absolute Gasteiger partial charge is 0.174 e. The van der Waals surface area contributed by atoms with Crippen molar-refractivity contribution in [3.8, 4) is 0 Å². The Balaban J connectivity index is 2.40. The van der Waals surface area contributed by atoms with Crippen LogP contribution in [0.3, 0.4) is 0 Å². The SMILES string of the molecule is Cc1cc(C(N)c2ccoc2Br)c(C)s1. The molecule has 80 valence electrons. The van der Waals surface area contributed by atoms with Crippen LogP contribution in [0.25, 0.3) is 0 Å². The number of hydrogen-bond donors (Lipinski definition) is 1. The van der Waals surface area contributed by atoms with E-state index < -0.39 is 0 Å². The minimum Gasteiger partial charge on any atom is -0.457 e. The van der Waals surface area contributed by atoms with E-state index in [-0.39, 0.29) is 6.04 Å². The monoisotopic (exact) mass is 285 g/mol. The molecule has 0 aliphatic carbocycles. The highest BCUT2D eigenvalue weighted by Gasteiger charge is 2.17. The zero-order chi connectivity index (χ0) is 11.0. The van der Waals surface area contributed by atoms with Crippen molar-refractivity contribution in [1.29, 1.82) is 0 Å². The molecule has 2 N–H and O–H groups in total. The van der Waals surface area contributed by atoms with E-state index in [0.29, 0.717) is 0 Å². The van der Waals surface area contributed by atoms with Gasteiger partial charge >= 0.3 is 0 Å². The highest BCUT2D eigenvalue weighted by molar-refractivity contribution is 9.10. The van der Waals surface area contributed by atoms with Gasteiger partial charge in [0.05, 0.1) is 12.3 Å². The zero-order valence-electron chi connectivity index (χ0n) is 8.58. The lowest BCUT2D eigenvalue weighted by atomic mass is 10.0. The van der Waals surface area contributed by atoms with Gasteiger partial charge in [0.25, 0.3) is 0 Å². The number of halogens is 1. The minimum absolute atomic E-state index is 0.108. The lowest BCUT2D eigenvalue weighted by Gasteiger charge is -2.09. The Morgan fingerprint density at radius 3 is 2.60 bits per heavy atom. The Bertz CT molecular complexity index is 475. The quantitative estimate of drug-likeness (QED) is 0.912. The van der Waals surface area contributed by atoms with Crippen LogP contribution < -0.4 is 5.73 Å². The van der Waals surface area contributed by atoms with Crippen LogP contribution in [0.2, 0.25) is 0 Å². The molecular weight excluding hydrogens is 274 g/mol. The maximum absolute atomic E-state index is 6.19. The summed E-state index contributed by atoms with van der Waals surface area (Å²) in [7, 11) is 0. The molecule has 0 saturated carbocycles. The fraction of sp³-hybridized carbons (Fsp3) is 0.273. The molecule has 4 heteroatoms. The van der Waals surface area contributed by atoms with Gasteiger partial charge in [0.2, 0.25) is 0 Å². The molecule has 0 bridgehead atoms. The van der Waals surface area contributed by atoms with Crippen molar-refractivity contribution < 1.29 is 4.42 Å². The van der Waals surface area contributed by atoms with E-state index in [2.05, 4.69) is 35.8 Å². The lowest BCUT2D eigenvalue weighted by molar-refractivity contribution is 0.534. The molecule has 0 aromatic carbocycles. The molecule has 1 unspecified atom stereocenters. The first kappa shape index (κ1) is 10.9. The third-order valence-electron chi connectivity index (χ3n) is 2.40. The number of hydrogen-bond acceptors (Lipinski definition) is 3. The summed E-state index contributed by atoms with van der Waals surface area (Å²) in [6.45, 7) is 4.19. The number of rotatable bonds is 2. The van der Waals surface area contributed by atoms with Crippen LogP contribution in [0.15, 0.2) is 27.5 Å². The lowest BCUT2D eigenvalue weighted by Crippen LogP contribution is -2.11. The molecule has 15 heavy (non-hydrogen) atoms. The van der Waals surface area contributed by atoms with E-state index in [4.69, 9.17) is 10.2 Å². The summed E-state index contributed by atoms with van der Waals surface area (Å²) in [4.78, 5) is 2.56. The predicted octanol–water partition coefficient (Wildman–Crippen LogP) is 3.77. The molecule has 1 atom stereocenters. The molecule has 2 aromatic heterocycles. The van der Waals surface area contributed by atoms with Crippen molar-refractivity contribution >= 4 is 27.3 Å². The molecule has 2 nitrogen and oxygen atoms in total. The van der Waals surface area contributed by atoms with Crippen molar-refractivity contribution in [3.05, 3.63) is 43.9 Å². The molecule has 0 spiro atoms. The molecule has 2 aromatic rings. The maximum Gasteiger partial charge on any atom is 0.174 e. The normalized spacial score (nSPS) is 13.1. The fourth-order valence-electron chi connectivity index (χ4n) is 1.65. The predicted molar refractivity (Wildman–Crippen MR) is 66.2 cm³/mol. The second-order valence-electron chi connectivity index (χ2n) is 3.50. The molecular formula is C11H12BrNOS. The zero-order valence-corrected chi connectivity index (χ0v) is 11.0. The standard InChI is InChI=1S/C11H12BrNOS/c1-6-5-9(7(2)15-6)10(13)8-3-4-14-11(8)12/h3-5,10H,13H2,1-2H3. The van der Waals surface area contributed by atoms with Gasteiger partial charge in [-0.3, -0.25) is 0 Å². The van der Waals surface area contributed by atoms with Crippen molar-refractivity contribution in [1.82, 2.24) is 0 Å². The summed E-state index contributed by atoms with van der Waals surface area (Å²) in [6, 6.07) is 3.94. The summed E-state index contributed by atoms with van der Waals surface area (Å²) >= 11 is 5.13. The number of aryl methyl sites for hydroxylation is 2. The first-order valence-corrected chi connectivity index (χ1v) is 6.26. The Kier molecular flexibility index (Phi) is 3.00.